The summed E-state index contributed by atoms with van der Waals surface area (Å²) in [7, 11) is -5.14. The zero-order chi connectivity index (χ0) is 23.5. The van der Waals surface area contributed by atoms with Gasteiger partial charge in [-0.2, -0.15) is 0 Å². The molecule has 1 aliphatic heterocycles. The van der Waals surface area contributed by atoms with Crippen molar-refractivity contribution in [1.82, 2.24) is 4.72 Å². The molecule has 12 heteroatoms. The molecule has 0 unspecified atom stereocenters. The van der Waals surface area contributed by atoms with Gasteiger partial charge in [-0.05, 0) is 42.5 Å². The molecular weight excluding hydrogens is 460 g/mol. The Morgan fingerprint density at radius 3 is 2.28 bits per heavy atom. The summed E-state index contributed by atoms with van der Waals surface area (Å²) in [6, 6.07) is 10.6. The zero-order valence-electron chi connectivity index (χ0n) is 17.8. The molecule has 1 N–H and O–H groups in total. The maximum Gasteiger partial charge on any atom is 0.244 e. The molecule has 1 fully saturated rings. The monoisotopic (exact) mass is 484 g/mol. The van der Waals surface area contributed by atoms with E-state index < -0.39 is 31.9 Å². The van der Waals surface area contributed by atoms with Gasteiger partial charge in [-0.3, -0.25) is 4.79 Å². The van der Waals surface area contributed by atoms with E-state index in [-0.39, 0.29) is 35.2 Å². The second kappa shape index (κ2) is 9.35. The number of hydrogen-bond donors (Lipinski definition) is 1. The molecule has 1 saturated heterocycles. The lowest BCUT2D eigenvalue weighted by Crippen LogP contribution is -2.31. The number of nitrogens with zero attached hydrogens (tertiary/aromatic N) is 1. The van der Waals surface area contributed by atoms with Crippen LogP contribution in [0.25, 0.3) is 0 Å². The molecule has 2 aromatic carbocycles. The van der Waals surface area contributed by atoms with E-state index in [9.17, 15) is 21.6 Å². The van der Waals surface area contributed by atoms with Crippen LogP contribution in [0.5, 0.6) is 17.2 Å². The van der Waals surface area contributed by atoms with Crippen LogP contribution in [0.4, 0.5) is 5.69 Å². The van der Waals surface area contributed by atoms with Crippen molar-refractivity contribution in [2.45, 2.75) is 11.8 Å². The van der Waals surface area contributed by atoms with Gasteiger partial charge in [0.15, 0.2) is 0 Å². The first-order valence-electron chi connectivity index (χ1n) is 9.60. The molecule has 32 heavy (non-hydrogen) atoms. The maximum absolute atomic E-state index is 12.9. The third-order valence-corrected chi connectivity index (χ3v) is 8.10. The number of sulfonamides is 2. The molecule has 0 bridgehead atoms. The lowest BCUT2D eigenvalue weighted by Gasteiger charge is -2.18. The summed E-state index contributed by atoms with van der Waals surface area (Å²) >= 11 is 0. The van der Waals surface area contributed by atoms with Crippen LogP contribution in [0.15, 0.2) is 47.4 Å². The molecule has 1 aliphatic rings. The Balaban J connectivity index is 1.76. The lowest BCUT2D eigenvalue weighted by molar-refractivity contribution is -0.119. The Morgan fingerprint density at radius 2 is 1.72 bits per heavy atom. The van der Waals surface area contributed by atoms with Crippen molar-refractivity contribution in [3.8, 4) is 17.2 Å². The molecule has 0 aromatic heterocycles. The number of methoxy groups -OCH3 is 2. The fraction of sp³-hybridized carbons (Fsp3) is 0.350. The minimum atomic E-state index is -4.10. The molecule has 0 spiro atoms. The van der Waals surface area contributed by atoms with Crippen molar-refractivity contribution in [1.29, 1.82) is 0 Å². The van der Waals surface area contributed by atoms with Gasteiger partial charge in [0.05, 0.1) is 31.6 Å². The highest BCUT2D eigenvalue weighted by Crippen LogP contribution is 2.33. The largest absolute Gasteiger partial charge is 0.497 e. The standard InChI is InChI=1S/C20H24N2O8S2/c1-14-13-31(24,25)22(20(14)23)15-4-9-18(29-3)19(12-15)32(26,27)21-10-11-30-17-7-5-16(28-2)6-8-17/h4-9,12,14,21H,10-11,13H2,1-3H3/t14-/m0/s1. The normalized spacial score (nSPS) is 17.9. The Morgan fingerprint density at radius 1 is 1.06 bits per heavy atom. The molecule has 10 nitrogen and oxygen atoms in total. The minimum Gasteiger partial charge on any atom is -0.497 e. The predicted octanol–water partition coefficient (Wildman–Crippen LogP) is 1.37. The number of ether oxygens (including phenoxy) is 3. The van der Waals surface area contributed by atoms with Gasteiger partial charge in [0.2, 0.25) is 26.0 Å². The summed E-state index contributed by atoms with van der Waals surface area (Å²) in [6.45, 7) is 1.50. The highest BCUT2D eigenvalue weighted by molar-refractivity contribution is 7.94. The van der Waals surface area contributed by atoms with Crippen LogP contribution in [-0.2, 0) is 24.8 Å². The number of carbonyl (C=O) groups is 1. The van der Waals surface area contributed by atoms with E-state index in [2.05, 4.69) is 4.72 Å². The molecule has 1 amide bonds. The summed E-state index contributed by atoms with van der Waals surface area (Å²) in [4.78, 5) is 12.1. The van der Waals surface area contributed by atoms with E-state index in [1.807, 2.05) is 0 Å². The average molecular weight is 485 g/mol. The third kappa shape index (κ3) is 4.97. The summed E-state index contributed by atoms with van der Waals surface area (Å²) < 4.78 is 69.2. The number of amides is 1. The fourth-order valence-electron chi connectivity index (χ4n) is 3.18. The van der Waals surface area contributed by atoms with Crippen molar-refractivity contribution < 1.29 is 35.8 Å². The van der Waals surface area contributed by atoms with Crippen LogP contribution >= 0.6 is 0 Å². The van der Waals surface area contributed by atoms with Gasteiger partial charge < -0.3 is 14.2 Å². The van der Waals surface area contributed by atoms with Crippen molar-refractivity contribution in [2.75, 3.05) is 37.4 Å². The van der Waals surface area contributed by atoms with Crippen LogP contribution < -0.4 is 23.2 Å². The van der Waals surface area contributed by atoms with Crippen molar-refractivity contribution in [2.24, 2.45) is 5.92 Å². The Kier molecular flexibility index (Phi) is 6.96. The Hall–Kier alpha value is -2.83. The van der Waals surface area contributed by atoms with Crippen molar-refractivity contribution in [3.63, 3.8) is 0 Å². The van der Waals surface area contributed by atoms with Crippen LogP contribution in [0.3, 0.4) is 0 Å². The van der Waals surface area contributed by atoms with Crippen molar-refractivity contribution >= 4 is 31.6 Å². The van der Waals surface area contributed by atoms with Crippen LogP contribution in [0.1, 0.15) is 6.92 Å². The second-order valence-electron chi connectivity index (χ2n) is 7.04. The van der Waals surface area contributed by atoms with Gasteiger partial charge >= 0.3 is 0 Å². The van der Waals surface area contributed by atoms with E-state index in [0.29, 0.717) is 15.8 Å². The molecule has 1 atom stereocenters. The van der Waals surface area contributed by atoms with Crippen LogP contribution in [0, 0.1) is 5.92 Å². The summed E-state index contributed by atoms with van der Waals surface area (Å²) in [5.74, 6) is -0.445. The smallest absolute Gasteiger partial charge is 0.244 e. The van der Waals surface area contributed by atoms with E-state index in [0.717, 1.165) is 6.07 Å². The Labute approximate surface area is 187 Å². The summed E-state index contributed by atoms with van der Waals surface area (Å²) in [5.41, 5.74) is -0.0602. The van der Waals surface area contributed by atoms with E-state index in [1.165, 1.54) is 26.2 Å². The number of hydrogen-bond acceptors (Lipinski definition) is 8. The zero-order valence-corrected chi connectivity index (χ0v) is 19.4. The molecular formula is C20H24N2O8S2. The molecule has 2 aromatic rings. The lowest BCUT2D eigenvalue weighted by atomic mass is 10.2. The SMILES string of the molecule is COc1ccc(OCCNS(=O)(=O)c2cc(N3C(=O)[C@@H](C)CS3(=O)=O)ccc2OC)cc1. The van der Waals surface area contributed by atoms with E-state index in [1.54, 1.807) is 31.4 Å². The minimum absolute atomic E-state index is 0.00872. The summed E-state index contributed by atoms with van der Waals surface area (Å²) in [6.07, 6.45) is 0. The maximum atomic E-state index is 12.9. The number of benzene rings is 2. The number of carbonyl (C=O) groups excluding carboxylic acids is 1. The van der Waals surface area contributed by atoms with Gasteiger partial charge in [0.1, 0.15) is 28.8 Å². The first-order chi connectivity index (χ1) is 15.1. The van der Waals surface area contributed by atoms with Gasteiger partial charge in [0, 0.05) is 6.54 Å². The fourth-order valence-corrected chi connectivity index (χ4v) is 6.20. The molecule has 0 aliphatic carbocycles. The van der Waals surface area contributed by atoms with Crippen LogP contribution in [-0.4, -0.2) is 55.9 Å². The quantitative estimate of drug-likeness (QED) is 0.529. The predicted molar refractivity (Wildman–Crippen MR) is 117 cm³/mol. The Bertz CT molecular complexity index is 1190. The molecule has 1 heterocycles. The molecule has 3 rings (SSSR count). The van der Waals surface area contributed by atoms with Crippen LogP contribution in [0.2, 0.25) is 0 Å². The molecule has 0 saturated carbocycles. The van der Waals surface area contributed by atoms with Crippen molar-refractivity contribution in [3.05, 3.63) is 42.5 Å². The molecule has 0 radical (unpaired) electrons. The first kappa shape index (κ1) is 23.8. The highest BCUT2D eigenvalue weighted by atomic mass is 32.2. The van der Waals surface area contributed by atoms with Gasteiger partial charge in [-0.15, -0.1) is 0 Å². The van der Waals surface area contributed by atoms with Gasteiger partial charge in [-0.25, -0.2) is 25.9 Å². The number of nitrogens with one attached hydrogen (secondary N) is 1. The third-order valence-electron chi connectivity index (χ3n) is 4.75. The highest BCUT2D eigenvalue weighted by Gasteiger charge is 2.42. The topological polar surface area (TPSA) is 128 Å². The van der Waals surface area contributed by atoms with E-state index >= 15 is 0 Å². The van der Waals surface area contributed by atoms with E-state index in [4.69, 9.17) is 14.2 Å². The van der Waals surface area contributed by atoms with Gasteiger partial charge in [0.25, 0.3) is 0 Å². The molecule has 174 valence electrons. The summed E-state index contributed by atoms with van der Waals surface area (Å²) in [5, 5.41) is 0. The van der Waals surface area contributed by atoms with Gasteiger partial charge in [-0.1, -0.05) is 6.92 Å². The number of rotatable bonds is 9. The number of anilines is 1. The first-order valence-corrected chi connectivity index (χ1v) is 12.7. The average Bonchev–Trinajstić information content (AvgIpc) is 2.97. The second-order valence-corrected chi connectivity index (χ2v) is 10.6.